The number of hydrogen-bond acceptors (Lipinski definition) is 3. The molecule has 1 aliphatic rings. The van der Waals surface area contributed by atoms with Gasteiger partial charge in [-0.1, -0.05) is 24.9 Å². The lowest BCUT2D eigenvalue weighted by Crippen LogP contribution is -2.34. The van der Waals surface area contributed by atoms with Crippen molar-refractivity contribution >= 4 is 17.3 Å². The highest BCUT2D eigenvalue weighted by molar-refractivity contribution is 6.30. The molecule has 0 aromatic heterocycles. The molecule has 0 bridgehead atoms. The van der Waals surface area contributed by atoms with Crippen LogP contribution in [-0.2, 0) is 4.74 Å². The van der Waals surface area contributed by atoms with Gasteiger partial charge in [0.05, 0.1) is 17.4 Å². The van der Waals surface area contributed by atoms with E-state index in [1.807, 2.05) is 6.07 Å². The van der Waals surface area contributed by atoms with Gasteiger partial charge in [0.25, 0.3) is 0 Å². The van der Waals surface area contributed by atoms with Crippen LogP contribution in [-0.4, -0.2) is 18.8 Å². The zero-order chi connectivity index (χ0) is 13.7. The van der Waals surface area contributed by atoms with E-state index < -0.39 is 0 Å². The Labute approximate surface area is 119 Å². The summed E-state index contributed by atoms with van der Waals surface area (Å²) in [5.41, 5.74) is 1.47. The van der Waals surface area contributed by atoms with E-state index in [1.165, 1.54) is 0 Å². The highest BCUT2D eigenvalue weighted by Crippen LogP contribution is 2.25. The van der Waals surface area contributed by atoms with Gasteiger partial charge in [0.15, 0.2) is 0 Å². The van der Waals surface area contributed by atoms with Crippen molar-refractivity contribution in [1.82, 2.24) is 0 Å². The Morgan fingerprint density at radius 2 is 2.37 bits per heavy atom. The highest BCUT2D eigenvalue weighted by atomic mass is 35.5. The molecular formula is C15H19ClN2O. The summed E-state index contributed by atoms with van der Waals surface area (Å²) in [5, 5.41) is 13.2. The molecule has 102 valence electrons. The van der Waals surface area contributed by atoms with E-state index in [4.69, 9.17) is 21.6 Å². The first-order valence-corrected chi connectivity index (χ1v) is 7.18. The topological polar surface area (TPSA) is 45.0 Å². The first-order chi connectivity index (χ1) is 9.22. The first-order valence-electron chi connectivity index (χ1n) is 6.80. The Bertz CT molecular complexity index is 468. The van der Waals surface area contributed by atoms with Crippen LogP contribution < -0.4 is 5.32 Å². The van der Waals surface area contributed by atoms with Crippen LogP contribution in [0.4, 0.5) is 5.69 Å². The number of nitrogens with zero attached hydrogens (tertiary/aromatic N) is 1. The molecule has 0 amide bonds. The van der Waals surface area contributed by atoms with E-state index in [2.05, 4.69) is 18.3 Å². The maximum absolute atomic E-state index is 9.12. The molecule has 19 heavy (non-hydrogen) atoms. The van der Waals surface area contributed by atoms with Crippen molar-refractivity contribution in [3.63, 3.8) is 0 Å². The molecule has 2 atom stereocenters. The third-order valence-electron chi connectivity index (χ3n) is 3.44. The van der Waals surface area contributed by atoms with Gasteiger partial charge in [-0.25, -0.2) is 0 Å². The average molecular weight is 279 g/mol. The predicted molar refractivity (Wildman–Crippen MR) is 77.5 cm³/mol. The van der Waals surface area contributed by atoms with Crippen LogP contribution in [0.3, 0.4) is 0 Å². The molecule has 2 rings (SSSR count). The molecule has 1 aromatic rings. The van der Waals surface area contributed by atoms with Crippen molar-refractivity contribution in [3.05, 3.63) is 28.8 Å². The van der Waals surface area contributed by atoms with Crippen molar-refractivity contribution < 1.29 is 4.74 Å². The Morgan fingerprint density at radius 1 is 1.53 bits per heavy atom. The van der Waals surface area contributed by atoms with Gasteiger partial charge in [0, 0.05) is 17.7 Å². The van der Waals surface area contributed by atoms with E-state index in [0.717, 1.165) is 38.0 Å². The second-order valence-corrected chi connectivity index (χ2v) is 5.39. The minimum Gasteiger partial charge on any atom is -0.381 e. The summed E-state index contributed by atoms with van der Waals surface area (Å²) >= 11 is 6.00. The largest absolute Gasteiger partial charge is 0.381 e. The summed E-state index contributed by atoms with van der Waals surface area (Å²) in [6.07, 6.45) is 4.53. The van der Waals surface area contributed by atoms with Gasteiger partial charge < -0.3 is 10.1 Å². The van der Waals surface area contributed by atoms with E-state index in [1.54, 1.807) is 12.1 Å². The molecule has 0 spiro atoms. The van der Waals surface area contributed by atoms with Gasteiger partial charge in [-0.05, 0) is 37.5 Å². The van der Waals surface area contributed by atoms with Crippen LogP contribution in [0.1, 0.15) is 38.2 Å². The zero-order valence-corrected chi connectivity index (χ0v) is 11.9. The fourth-order valence-corrected chi connectivity index (χ4v) is 2.66. The van der Waals surface area contributed by atoms with Crippen LogP contribution in [0, 0.1) is 11.3 Å². The van der Waals surface area contributed by atoms with Crippen molar-refractivity contribution in [3.8, 4) is 6.07 Å². The zero-order valence-electron chi connectivity index (χ0n) is 11.2. The molecule has 0 radical (unpaired) electrons. The van der Waals surface area contributed by atoms with Gasteiger partial charge >= 0.3 is 0 Å². The van der Waals surface area contributed by atoms with Gasteiger partial charge in [-0.2, -0.15) is 5.26 Å². The second kappa shape index (κ2) is 6.79. The molecule has 4 heteroatoms. The number of nitrogens with one attached hydrogen (secondary N) is 1. The smallest absolute Gasteiger partial charge is 0.101 e. The number of ether oxygens (including phenoxy) is 1. The summed E-state index contributed by atoms with van der Waals surface area (Å²) in [7, 11) is 0. The standard InChI is InChI=1S/C15H19ClN2O/c1-2-3-14-9-13(6-7-19-14)18-15-8-12(16)5-4-11(15)10-17/h4-5,8,13-14,18H,2-3,6-7,9H2,1H3. The Balaban J connectivity index is 2.04. The quantitative estimate of drug-likeness (QED) is 0.906. The number of anilines is 1. The molecule has 1 heterocycles. The maximum atomic E-state index is 9.12. The van der Waals surface area contributed by atoms with Gasteiger partial charge in [-0.3, -0.25) is 0 Å². The Morgan fingerprint density at radius 3 is 3.11 bits per heavy atom. The number of nitriles is 1. The number of rotatable bonds is 4. The lowest BCUT2D eigenvalue weighted by atomic mass is 9.99. The Kier molecular flexibility index (Phi) is 5.07. The summed E-state index contributed by atoms with van der Waals surface area (Å²) in [6.45, 7) is 2.95. The molecule has 1 fully saturated rings. The summed E-state index contributed by atoms with van der Waals surface area (Å²) in [5.74, 6) is 0. The second-order valence-electron chi connectivity index (χ2n) is 4.95. The van der Waals surface area contributed by atoms with Gasteiger partial charge in [-0.15, -0.1) is 0 Å². The van der Waals surface area contributed by atoms with Crippen LogP contribution >= 0.6 is 11.6 Å². The predicted octanol–water partition coefficient (Wildman–Crippen LogP) is 3.97. The van der Waals surface area contributed by atoms with E-state index >= 15 is 0 Å². The lowest BCUT2D eigenvalue weighted by molar-refractivity contribution is 0.00597. The van der Waals surface area contributed by atoms with Crippen molar-refractivity contribution in [1.29, 1.82) is 5.26 Å². The third-order valence-corrected chi connectivity index (χ3v) is 3.67. The van der Waals surface area contributed by atoms with Crippen LogP contribution in [0.2, 0.25) is 5.02 Å². The molecule has 1 saturated heterocycles. The molecule has 3 nitrogen and oxygen atoms in total. The van der Waals surface area contributed by atoms with Crippen LogP contribution in [0.15, 0.2) is 18.2 Å². The molecule has 1 aromatic carbocycles. The lowest BCUT2D eigenvalue weighted by Gasteiger charge is -2.31. The normalized spacial score (nSPS) is 22.8. The van der Waals surface area contributed by atoms with Crippen LogP contribution in [0.25, 0.3) is 0 Å². The molecule has 0 aliphatic carbocycles. The van der Waals surface area contributed by atoms with E-state index in [-0.39, 0.29) is 0 Å². The summed E-state index contributed by atoms with van der Waals surface area (Å²) < 4.78 is 5.74. The fourth-order valence-electron chi connectivity index (χ4n) is 2.49. The minimum atomic E-state index is 0.334. The third kappa shape index (κ3) is 3.86. The van der Waals surface area contributed by atoms with E-state index in [0.29, 0.717) is 22.7 Å². The van der Waals surface area contributed by atoms with Crippen molar-refractivity contribution in [2.75, 3.05) is 11.9 Å². The average Bonchev–Trinajstić information content (AvgIpc) is 2.40. The van der Waals surface area contributed by atoms with Crippen LogP contribution in [0.5, 0.6) is 0 Å². The summed E-state index contributed by atoms with van der Waals surface area (Å²) in [4.78, 5) is 0. The number of benzene rings is 1. The number of halogens is 1. The summed E-state index contributed by atoms with van der Waals surface area (Å²) in [6, 6.07) is 7.88. The molecule has 0 saturated carbocycles. The molecule has 1 aliphatic heterocycles. The SMILES string of the molecule is CCCC1CC(Nc2cc(Cl)ccc2C#N)CCO1. The molecular weight excluding hydrogens is 260 g/mol. The molecule has 1 N–H and O–H groups in total. The van der Waals surface area contributed by atoms with Crippen molar-refractivity contribution in [2.24, 2.45) is 0 Å². The van der Waals surface area contributed by atoms with Crippen molar-refractivity contribution in [2.45, 2.75) is 44.8 Å². The first kappa shape index (κ1) is 14.2. The van der Waals surface area contributed by atoms with Gasteiger partial charge in [0.1, 0.15) is 6.07 Å². The van der Waals surface area contributed by atoms with Gasteiger partial charge in [0.2, 0.25) is 0 Å². The van der Waals surface area contributed by atoms with E-state index in [9.17, 15) is 0 Å². The molecule has 2 unspecified atom stereocenters. The maximum Gasteiger partial charge on any atom is 0.101 e. The minimum absolute atomic E-state index is 0.334. The number of hydrogen-bond donors (Lipinski definition) is 1. The Hall–Kier alpha value is -1.24. The highest BCUT2D eigenvalue weighted by Gasteiger charge is 2.22. The monoisotopic (exact) mass is 278 g/mol. The fraction of sp³-hybridized carbons (Fsp3) is 0.533.